The highest BCUT2D eigenvalue weighted by Crippen LogP contribution is 2.14. The zero-order valence-corrected chi connectivity index (χ0v) is 7.71. The van der Waals surface area contributed by atoms with Crippen molar-refractivity contribution in [3.05, 3.63) is 0 Å². The Morgan fingerprint density at radius 1 is 1.40 bits per heavy atom. The Morgan fingerprint density at radius 2 is 2.20 bits per heavy atom. The molecule has 2 atom stereocenters. The maximum Gasteiger partial charge on any atom is 0.00722 e. The van der Waals surface area contributed by atoms with Gasteiger partial charge in [-0.3, -0.25) is 0 Å². The molecule has 1 aliphatic rings. The van der Waals surface area contributed by atoms with Gasteiger partial charge in [-0.15, -0.1) is 0 Å². The van der Waals surface area contributed by atoms with Gasteiger partial charge >= 0.3 is 0 Å². The molecule has 0 amide bonds. The van der Waals surface area contributed by atoms with E-state index in [0.717, 1.165) is 5.92 Å². The molecule has 1 heterocycles. The number of rotatable bonds is 0. The Bertz CT molecular complexity index is 83.3. The maximum absolute atomic E-state index is 3.52. The van der Waals surface area contributed by atoms with Crippen molar-refractivity contribution in [3.8, 4) is 0 Å². The van der Waals surface area contributed by atoms with Crippen molar-refractivity contribution < 1.29 is 0 Å². The number of nitrogens with one attached hydrogen (secondary N) is 1. The topological polar surface area (TPSA) is 12.0 Å². The highest BCUT2D eigenvalue weighted by Gasteiger charge is 2.12. The van der Waals surface area contributed by atoms with Crippen LogP contribution in [-0.4, -0.2) is 24.1 Å². The van der Waals surface area contributed by atoms with Crippen LogP contribution < -0.4 is 5.32 Å². The van der Waals surface area contributed by atoms with Gasteiger partial charge in [-0.05, 0) is 37.3 Å². The zero-order chi connectivity index (χ0) is 7.40. The molecule has 0 aromatic rings. The van der Waals surface area contributed by atoms with Crippen molar-refractivity contribution in [2.75, 3.05) is 18.1 Å². The third-order valence-electron chi connectivity index (χ3n) is 2.17. The lowest BCUT2D eigenvalue weighted by Crippen LogP contribution is -2.35. The number of thioether (sulfide) groups is 1. The third-order valence-corrected chi connectivity index (χ3v) is 3.50. The average Bonchev–Trinajstić information content (AvgIpc) is 1.92. The lowest BCUT2D eigenvalue weighted by atomic mass is 10.1. The smallest absolute Gasteiger partial charge is 0.00722 e. The normalized spacial score (nSPS) is 36.6. The van der Waals surface area contributed by atoms with Gasteiger partial charge in [0, 0.05) is 6.04 Å². The van der Waals surface area contributed by atoms with Gasteiger partial charge in [-0.1, -0.05) is 6.92 Å². The molecular weight excluding hydrogens is 142 g/mol. The minimum Gasteiger partial charge on any atom is -0.314 e. The van der Waals surface area contributed by atoms with Gasteiger partial charge in [0.15, 0.2) is 0 Å². The summed E-state index contributed by atoms with van der Waals surface area (Å²) in [6.07, 6.45) is 1.34. The predicted molar refractivity (Wildman–Crippen MR) is 48.6 cm³/mol. The molecule has 10 heavy (non-hydrogen) atoms. The summed E-state index contributed by atoms with van der Waals surface area (Å²) in [6.45, 7) is 5.82. The first-order valence-corrected chi connectivity index (χ1v) is 5.27. The van der Waals surface area contributed by atoms with Crippen molar-refractivity contribution in [2.24, 2.45) is 5.92 Å². The molecule has 0 aliphatic carbocycles. The molecule has 60 valence electrons. The van der Waals surface area contributed by atoms with E-state index in [-0.39, 0.29) is 0 Å². The molecule has 1 N–H and O–H groups in total. The number of hydrogen-bond donors (Lipinski definition) is 1. The first-order chi connectivity index (χ1) is 4.80. The Labute approximate surface area is 68.0 Å². The fourth-order valence-electron chi connectivity index (χ4n) is 1.12. The van der Waals surface area contributed by atoms with Crippen LogP contribution in [0.1, 0.15) is 20.3 Å². The highest BCUT2D eigenvalue weighted by molar-refractivity contribution is 7.99. The van der Waals surface area contributed by atoms with Gasteiger partial charge in [0.25, 0.3) is 0 Å². The maximum atomic E-state index is 3.52. The minimum absolute atomic E-state index is 0.716. The summed E-state index contributed by atoms with van der Waals surface area (Å²) in [5.41, 5.74) is 0. The molecule has 1 saturated heterocycles. The summed E-state index contributed by atoms with van der Waals surface area (Å²) in [5, 5.41) is 3.52. The molecule has 0 radical (unpaired) electrons. The van der Waals surface area contributed by atoms with E-state index in [4.69, 9.17) is 0 Å². The van der Waals surface area contributed by atoms with E-state index in [1.54, 1.807) is 0 Å². The lowest BCUT2D eigenvalue weighted by Gasteiger charge is -2.23. The summed E-state index contributed by atoms with van der Waals surface area (Å²) < 4.78 is 0. The molecule has 0 aromatic carbocycles. The van der Waals surface area contributed by atoms with E-state index < -0.39 is 0 Å². The van der Waals surface area contributed by atoms with Gasteiger partial charge in [0.1, 0.15) is 0 Å². The van der Waals surface area contributed by atoms with Crippen LogP contribution in [0, 0.1) is 5.92 Å². The molecule has 1 fully saturated rings. The van der Waals surface area contributed by atoms with E-state index in [1.165, 1.54) is 24.5 Å². The summed E-state index contributed by atoms with van der Waals surface area (Å²) in [4.78, 5) is 0. The standard InChI is InChI=1S/C8H17NS/c1-7-6-10-5-3-4-9-8(7)2/h7-9H,3-6H2,1-2H3. The molecule has 1 nitrogen and oxygen atoms in total. The molecule has 0 aromatic heterocycles. The van der Waals surface area contributed by atoms with Crippen molar-refractivity contribution in [1.82, 2.24) is 5.32 Å². The zero-order valence-electron chi connectivity index (χ0n) is 6.89. The Balaban J connectivity index is 2.28. The summed E-state index contributed by atoms with van der Waals surface area (Å²) in [5.74, 6) is 3.50. The van der Waals surface area contributed by atoms with Crippen LogP contribution in [0.15, 0.2) is 0 Å². The summed E-state index contributed by atoms with van der Waals surface area (Å²) >= 11 is 2.10. The Morgan fingerprint density at radius 3 is 3.00 bits per heavy atom. The van der Waals surface area contributed by atoms with Gasteiger partial charge in [-0.2, -0.15) is 11.8 Å². The first-order valence-electron chi connectivity index (χ1n) is 4.12. The second kappa shape index (κ2) is 4.24. The van der Waals surface area contributed by atoms with Gasteiger partial charge in [-0.25, -0.2) is 0 Å². The van der Waals surface area contributed by atoms with Crippen molar-refractivity contribution in [2.45, 2.75) is 26.3 Å². The fourth-order valence-corrected chi connectivity index (χ4v) is 2.29. The van der Waals surface area contributed by atoms with Crippen LogP contribution >= 0.6 is 11.8 Å². The van der Waals surface area contributed by atoms with Crippen molar-refractivity contribution in [1.29, 1.82) is 0 Å². The van der Waals surface area contributed by atoms with E-state index >= 15 is 0 Å². The van der Waals surface area contributed by atoms with Gasteiger partial charge in [0.2, 0.25) is 0 Å². The molecule has 1 aliphatic heterocycles. The van der Waals surface area contributed by atoms with Crippen LogP contribution in [0.25, 0.3) is 0 Å². The molecule has 0 spiro atoms. The number of hydrogen-bond acceptors (Lipinski definition) is 2. The largest absolute Gasteiger partial charge is 0.314 e. The summed E-state index contributed by atoms with van der Waals surface area (Å²) in [6, 6.07) is 0.716. The van der Waals surface area contributed by atoms with E-state index in [0.29, 0.717) is 6.04 Å². The van der Waals surface area contributed by atoms with E-state index in [2.05, 4.69) is 30.9 Å². The fraction of sp³-hybridized carbons (Fsp3) is 1.00. The molecule has 0 saturated carbocycles. The molecule has 0 bridgehead atoms. The first kappa shape index (κ1) is 8.41. The molecule has 2 unspecified atom stereocenters. The van der Waals surface area contributed by atoms with Gasteiger partial charge in [0.05, 0.1) is 0 Å². The average molecular weight is 159 g/mol. The third kappa shape index (κ3) is 2.51. The monoisotopic (exact) mass is 159 g/mol. The van der Waals surface area contributed by atoms with Crippen molar-refractivity contribution >= 4 is 11.8 Å². The molecule has 2 heteroatoms. The second-order valence-corrected chi connectivity index (χ2v) is 4.30. The Hall–Kier alpha value is 0.310. The van der Waals surface area contributed by atoms with Crippen LogP contribution in [0.5, 0.6) is 0 Å². The second-order valence-electron chi connectivity index (χ2n) is 3.15. The predicted octanol–water partition coefficient (Wildman–Crippen LogP) is 1.74. The van der Waals surface area contributed by atoms with Crippen LogP contribution in [0.2, 0.25) is 0 Å². The summed E-state index contributed by atoms with van der Waals surface area (Å²) in [7, 11) is 0. The van der Waals surface area contributed by atoms with Gasteiger partial charge < -0.3 is 5.32 Å². The SMILES string of the molecule is CC1CSCCCNC1C. The molecular formula is C8H17NS. The Kier molecular flexibility index (Phi) is 3.57. The molecule has 1 rings (SSSR count). The van der Waals surface area contributed by atoms with Crippen LogP contribution in [-0.2, 0) is 0 Å². The minimum atomic E-state index is 0.716. The highest BCUT2D eigenvalue weighted by atomic mass is 32.2. The van der Waals surface area contributed by atoms with Crippen molar-refractivity contribution in [3.63, 3.8) is 0 Å². The quantitative estimate of drug-likeness (QED) is 0.578. The van der Waals surface area contributed by atoms with Crippen LogP contribution in [0.4, 0.5) is 0 Å². The lowest BCUT2D eigenvalue weighted by molar-refractivity contribution is 0.429. The van der Waals surface area contributed by atoms with Crippen LogP contribution in [0.3, 0.4) is 0 Å². The van der Waals surface area contributed by atoms with E-state index in [1.807, 2.05) is 0 Å². The van der Waals surface area contributed by atoms with E-state index in [9.17, 15) is 0 Å².